The molecule has 2 N–H and O–H groups in total. The van der Waals surface area contributed by atoms with Gasteiger partial charge in [0.2, 0.25) is 0 Å². The summed E-state index contributed by atoms with van der Waals surface area (Å²) in [7, 11) is -4.73. The number of alkyl halides is 3. The predicted molar refractivity (Wildman–Crippen MR) is 126 cm³/mol. The van der Waals surface area contributed by atoms with Crippen molar-refractivity contribution in [3.8, 4) is 0 Å². The van der Waals surface area contributed by atoms with Crippen molar-refractivity contribution in [1.82, 2.24) is 9.78 Å². The normalized spacial score (nSPS) is 13.1. The van der Waals surface area contributed by atoms with Crippen molar-refractivity contribution in [1.29, 1.82) is 0 Å². The summed E-state index contributed by atoms with van der Waals surface area (Å²) in [5.74, 6) is 0. The van der Waals surface area contributed by atoms with E-state index in [-0.39, 0.29) is 31.9 Å². The number of halogens is 5. The monoisotopic (exact) mass is 554 g/mol. The summed E-state index contributed by atoms with van der Waals surface area (Å²) in [6, 6.07) is 5.58. The number of nitrogens with one attached hydrogen (secondary N) is 2. The molecule has 3 rings (SSSR count). The number of anilines is 2. The first kappa shape index (κ1) is 26.3. The molecule has 0 spiro atoms. The summed E-state index contributed by atoms with van der Waals surface area (Å²) in [5, 5.41) is 3.79. The first-order chi connectivity index (χ1) is 15.6. The molecule has 1 aromatic heterocycles. The largest absolute Gasteiger partial charge is 0.417 e. The van der Waals surface area contributed by atoms with E-state index in [2.05, 4.69) is 14.5 Å². The first-order valence-electron chi connectivity index (χ1n) is 9.50. The van der Waals surface area contributed by atoms with Crippen molar-refractivity contribution < 1.29 is 25.8 Å². The molecule has 7 nitrogen and oxygen atoms in total. The molecule has 34 heavy (non-hydrogen) atoms. The second-order valence-electron chi connectivity index (χ2n) is 7.39. The second-order valence-corrected chi connectivity index (χ2v) is 11.0. The van der Waals surface area contributed by atoms with Crippen LogP contribution in [0.4, 0.5) is 24.5 Å². The van der Waals surface area contributed by atoms with Crippen molar-refractivity contribution in [2.75, 3.05) is 9.44 Å². The Hall–Kier alpha value is -2.28. The molecule has 1 heterocycles. The van der Waals surface area contributed by atoms with E-state index in [0.29, 0.717) is 17.3 Å². The van der Waals surface area contributed by atoms with Gasteiger partial charge >= 0.3 is 6.18 Å². The topological polar surface area (TPSA) is 93.1 Å². The molecule has 0 bridgehead atoms. The number of sulfonamides is 1. The van der Waals surface area contributed by atoms with Gasteiger partial charge in [-0.1, -0.05) is 23.2 Å². The molecule has 1 unspecified atom stereocenters. The Morgan fingerprint density at radius 2 is 1.68 bits per heavy atom. The van der Waals surface area contributed by atoms with Gasteiger partial charge in [-0.15, -0.1) is 0 Å². The smallest absolute Gasteiger partial charge is 0.299 e. The zero-order valence-corrected chi connectivity index (χ0v) is 21.4. The maximum atomic E-state index is 13.2. The molecule has 0 saturated heterocycles. The minimum absolute atomic E-state index is 0.0358. The van der Waals surface area contributed by atoms with Crippen LogP contribution in [0.15, 0.2) is 40.1 Å². The predicted octanol–water partition coefficient (Wildman–Crippen LogP) is 5.61. The average molecular weight is 555 g/mol. The molecule has 0 fully saturated rings. The third kappa shape index (κ3) is 5.35. The van der Waals surface area contributed by atoms with Crippen LogP contribution in [0.25, 0.3) is 0 Å². The first-order valence-corrected chi connectivity index (χ1v) is 12.9. The third-order valence-electron chi connectivity index (χ3n) is 4.91. The molecular weight excluding hydrogens is 536 g/mol. The van der Waals surface area contributed by atoms with Gasteiger partial charge in [0.25, 0.3) is 10.0 Å². The van der Waals surface area contributed by atoms with Crippen LogP contribution < -0.4 is 9.44 Å². The molecule has 1 atom stereocenters. The van der Waals surface area contributed by atoms with Gasteiger partial charge in [-0.3, -0.25) is 14.1 Å². The fourth-order valence-electron chi connectivity index (χ4n) is 3.19. The number of hydrogen-bond acceptors (Lipinski definition) is 4. The van der Waals surface area contributed by atoms with Crippen LogP contribution in [0.2, 0.25) is 10.0 Å². The van der Waals surface area contributed by atoms with Gasteiger partial charge < -0.3 is 0 Å². The average Bonchev–Trinajstić information content (AvgIpc) is 2.97. The maximum absolute atomic E-state index is 13.2. The lowest BCUT2D eigenvalue weighted by Gasteiger charge is -2.16. The van der Waals surface area contributed by atoms with Crippen LogP contribution in [-0.4, -0.2) is 22.4 Å². The Labute approximate surface area is 206 Å². The summed E-state index contributed by atoms with van der Waals surface area (Å²) < 4.78 is 85.0. The van der Waals surface area contributed by atoms with E-state index in [4.69, 9.17) is 23.2 Å². The van der Waals surface area contributed by atoms with Crippen LogP contribution in [0.1, 0.15) is 22.5 Å². The quantitative estimate of drug-likeness (QED) is 0.414. The molecule has 3 aromatic rings. The molecule has 0 amide bonds. The van der Waals surface area contributed by atoms with Gasteiger partial charge in [0.1, 0.15) is 15.9 Å². The standard InChI is InChI=1S/C20H19Cl2F3N4O3S2/c1-10-7-17(27-33(30)13-5-6-15(21)14(8-13)20(23,24)25)18(9-16(10)22)28-34(31,32)19-11(2)26-29(4)12(19)3/h5-9,27-28H,1-4H3. The van der Waals surface area contributed by atoms with E-state index in [1.807, 2.05) is 0 Å². The Kier molecular flexibility index (Phi) is 7.28. The van der Waals surface area contributed by atoms with Crippen LogP contribution in [0, 0.1) is 20.8 Å². The Bertz CT molecular complexity index is 1410. The minimum Gasteiger partial charge on any atom is -0.299 e. The number of hydrogen-bond donors (Lipinski definition) is 2. The molecule has 14 heteroatoms. The van der Waals surface area contributed by atoms with E-state index in [9.17, 15) is 25.8 Å². The van der Waals surface area contributed by atoms with E-state index < -0.39 is 37.8 Å². The summed E-state index contributed by atoms with van der Waals surface area (Å²) in [6.45, 7) is 4.76. The molecule has 0 aliphatic rings. The SMILES string of the molecule is Cc1cc(NS(=O)c2ccc(Cl)c(C(F)(F)F)c2)c(NS(=O)(=O)c2c(C)nn(C)c2C)cc1Cl. The molecule has 0 saturated carbocycles. The number of nitrogens with zero attached hydrogens (tertiary/aromatic N) is 2. The van der Waals surface area contributed by atoms with E-state index in [0.717, 1.165) is 6.07 Å². The molecule has 2 aromatic carbocycles. The number of rotatable bonds is 6. The molecule has 0 radical (unpaired) electrons. The van der Waals surface area contributed by atoms with E-state index >= 15 is 0 Å². The maximum Gasteiger partial charge on any atom is 0.417 e. The van der Waals surface area contributed by atoms with Crippen molar-refractivity contribution >= 4 is 55.6 Å². The highest BCUT2D eigenvalue weighted by molar-refractivity contribution is 7.92. The molecule has 0 aliphatic heterocycles. The Morgan fingerprint density at radius 3 is 2.24 bits per heavy atom. The van der Waals surface area contributed by atoms with Gasteiger partial charge in [-0.2, -0.15) is 18.3 Å². The van der Waals surface area contributed by atoms with Crippen LogP contribution in [0.3, 0.4) is 0 Å². The summed E-state index contributed by atoms with van der Waals surface area (Å²) >= 11 is 11.8. The second kappa shape index (κ2) is 9.40. The van der Waals surface area contributed by atoms with Crippen LogP contribution in [0.5, 0.6) is 0 Å². The molecule has 0 aliphatic carbocycles. The fraction of sp³-hybridized carbons (Fsp3) is 0.250. The zero-order chi connectivity index (χ0) is 25.6. The summed E-state index contributed by atoms with van der Waals surface area (Å²) in [5.41, 5.74) is 0.0393. The van der Waals surface area contributed by atoms with Crippen molar-refractivity contribution in [2.24, 2.45) is 7.05 Å². The van der Waals surface area contributed by atoms with Crippen molar-refractivity contribution in [2.45, 2.75) is 36.7 Å². The number of aryl methyl sites for hydroxylation is 3. The van der Waals surface area contributed by atoms with E-state index in [1.54, 1.807) is 20.9 Å². The fourth-order valence-corrected chi connectivity index (χ4v) is 5.99. The van der Waals surface area contributed by atoms with Gasteiger partial charge in [0.15, 0.2) is 0 Å². The van der Waals surface area contributed by atoms with Crippen molar-refractivity contribution in [3.05, 3.63) is 62.9 Å². The minimum atomic E-state index is -4.74. The highest BCUT2D eigenvalue weighted by Gasteiger charge is 2.34. The van der Waals surface area contributed by atoms with Crippen LogP contribution >= 0.6 is 23.2 Å². The highest BCUT2D eigenvalue weighted by atomic mass is 35.5. The summed E-state index contributed by atoms with van der Waals surface area (Å²) in [4.78, 5) is -0.247. The Balaban J connectivity index is 2.01. The van der Waals surface area contributed by atoms with Gasteiger partial charge in [0.05, 0.1) is 38.2 Å². The molecular formula is C20H19Cl2F3N4O3S2. The lowest BCUT2D eigenvalue weighted by molar-refractivity contribution is -0.137. The lowest BCUT2D eigenvalue weighted by Crippen LogP contribution is -2.17. The van der Waals surface area contributed by atoms with Gasteiger partial charge in [-0.25, -0.2) is 12.6 Å². The van der Waals surface area contributed by atoms with Crippen LogP contribution in [-0.2, 0) is 34.2 Å². The summed E-state index contributed by atoms with van der Waals surface area (Å²) in [6.07, 6.45) is -4.74. The lowest BCUT2D eigenvalue weighted by atomic mass is 10.2. The van der Waals surface area contributed by atoms with E-state index in [1.165, 1.54) is 29.8 Å². The third-order valence-corrected chi connectivity index (χ3v) is 8.36. The Morgan fingerprint density at radius 1 is 1.03 bits per heavy atom. The van der Waals surface area contributed by atoms with Gasteiger partial charge in [0, 0.05) is 12.1 Å². The number of benzene rings is 2. The molecule has 184 valence electrons. The highest BCUT2D eigenvalue weighted by Crippen LogP contribution is 2.37. The van der Waals surface area contributed by atoms with Crippen molar-refractivity contribution in [3.63, 3.8) is 0 Å². The zero-order valence-electron chi connectivity index (χ0n) is 18.2. The number of aromatic nitrogens is 2. The van der Waals surface area contributed by atoms with Gasteiger partial charge in [-0.05, 0) is 56.7 Å².